The summed E-state index contributed by atoms with van der Waals surface area (Å²) >= 11 is 0. The molecular weight excluding hydrogens is 419 g/mol. The van der Waals surface area contributed by atoms with Crippen molar-refractivity contribution in [1.29, 1.82) is 0 Å². The van der Waals surface area contributed by atoms with Crippen molar-refractivity contribution in [2.24, 2.45) is 16.6 Å². The Balaban J connectivity index is 0.00000529. The summed E-state index contributed by atoms with van der Waals surface area (Å²) in [5.74, 6) is 1.65. The number of hydrogen-bond donors (Lipinski definition) is 2. The first-order valence-corrected chi connectivity index (χ1v) is 7.84. The first-order valence-electron chi connectivity index (χ1n) is 7.84. The standard InChI is InChI=1S/C17H28N4O2.HI/c1-13(2)8-9-19-17(18)20-11-14-6-5-7-15(10-14)23-12-16(22)21(3)4;/h5-7,10,13H,8-9,11-12H2,1-4H3,(H3,18,19,20);1H. The van der Waals surface area contributed by atoms with Crippen LogP contribution in [0, 0.1) is 5.92 Å². The van der Waals surface area contributed by atoms with Crippen LogP contribution < -0.4 is 15.8 Å². The maximum Gasteiger partial charge on any atom is 0.259 e. The van der Waals surface area contributed by atoms with E-state index in [4.69, 9.17) is 10.5 Å². The SMILES string of the molecule is CC(C)CCNC(N)=NCc1cccc(OCC(=O)N(C)C)c1.I. The molecule has 3 N–H and O–H groups in total. The summed E-state index contributed by atoms with van der Waals surface area (Å²) in [4.78, 5) is 17.3. The van der Waals surface area contributed by atoms with Crippen LogP contribution in [0.15, 0.2) is 29.3 Å². The number of amides is 1. The van der Waals surface area contributed by atoms with E-state index in [1.807, 2.05) is 24.3 Å². The van der Waals surface area contributed by atoms with Gasteiger partial charge in [-0.15, -0.1) is 24.0 Å². The Morgan fingerprint density at radius 1 is 1.38 bits per heavy atom. The van der Waals surface area contributed by atoms with Crippen molar-refractivity contribution >= 4 is 35.8 Å². The second kappa shape index (κ2) is 11.9. The number of carbonyl (C=O) groups is 1. The predicted octanol–water partition coefficient (Wildman–Crippen LogP) is 2.22. The number of likely N-dealkylation sites (N-methyl/N-ethyl adjacent to an activating group) is 1. The first kappa shape index (κ1) is 22.5. The van der Waals surface area contributed by atoms with Gasteiger partial charge in [0.25, 0.3) is 5.91 Å². The topological polar surface area (TPSA) is 80.0 Å². The lowest BCUT2D eigenvalue weighted by molar-refractivity contribution is -0.130. The molecule has 0 spiro atoms. The van der Waals surface area contributed by atoms with Gasteiger partial charge in [0.1, 0.15) is 5.75 Å². The summed E-state index contributed by atoms with van der Waals surface area (Å²) in [7, 11) is 3.40. The second-order valence-electron chi connectivity index (χ2n) is 6.04. The number of ether oxygens (including phenoxy) is 1. The summed E-state index contributed by atoms with van der Waals surface area (Å²) in [6, 6.07) is 7.52. The van der Waals surface area contributed by atoms with Crippen LogP contribution in [-0.2, 0) is 11.3 Å². The van der Waals surface area contributed by atoms with Gasteiger partial charge in [-0.1, -0.05) is 26.0 Å². The van der Waals surface area contributed by atoms with Crippen molar-refractivity contribution in [2.75, 3.05) is 27.2 Å². The van der Waals surface area contributed by atoms with E-state index in [0.29, 0.717) is 24.2 Å². The van der Waals surface area contributed by atoms with Gasteiger partial charge in [0, 0.05) is 20.6 Å². The number of nitrogens with zero attached hydrogens (tertiary/aromatic N) is 2. The molecule has 0 aliphatic heterocycles. The number of nitrogens with one attached hydrogen (secondary N) is 1. The van der Waals surface area contributed by atoms with Gasteiger partial charge >= 0.3 is 0 Å². The summed E-state index contributed by atoms with van der Waals surface area (Å²) < 4.78 is 5.48. The molecule has 24 heavy (non-hydrogen) atoms. The molecule has 0 radical (unpaired) electrons. The largest absolute Gasteiger partial charge is 0.484 e. The Bertz CT molecular complexity index is 533. The number of rotatable bonds is 8. The minimum Gasteiger partial charge on any atom is -0.484 e. The highest BCUT2D eigenvalue weighted by Crippen LogP contribution is 2.14. The van der Waals surface area contributed by atoms with E-state index in [1.54, 1.807) is 14.1 Å². The molecule has 0 atom stereocenters. The Morgan fingerprint density at radius 2 is 2.08 bits per heavy atom. The summed E-state index contributed by atoms with van der Waals surface area (Å²) in [6.45, 7) is 5.66. The Kier molecular flexibility index (Phi) is 11.2. The van der Waals surface area contributed by atoms with Crippen LogP contribution in [0.5, 0.6) is 5.75 Å². The Labute approximate surface area is 161 Å². The fourth-order valence-electron chi connectivity index (χ4n) is 1.73. The molecule has 0 saturated heterocycles. The normalized spacial score (nSPS) is 11.0. The maximum absolute atomic E-state index is 11.5. The first-order chi connectivity index (χ1) is 10.9. The fourth-order valence-corrected chi connectivity index (χ4v) is 1.73. The van der Waals surface area contributed by atoms with Gasteiger partial charge in [0.15, 0.2) is 12.6 Å². The van der Waals surface area contributed by atoms with E-state index in [-0.39, 0.29) is 36.5 Å². The minimum absolute atomic E-state index is 0. The molecule has 0 heterocycles. The van der Waals surface area contributed by atoms with E-state index < -0.39 is 0 Å². The number of benzene rings is 1. The number of aliphatic imine (C=N–C) groups is 1. The summed E-state index contributed by atoms with van der Waals surface area (Å²) in [5, 5.41) is 3.10. The third kappa shape index (κ3) is 9.59. The molecular formula is C17H29IN4O2. The number of carbonyl (C=O) groups excluding carboxylic acids is 1. The molecule has 7 heteroatoms. The van der Waals surface area contributed by atoms with Crippen molar-refractivity contribution in [3.8, 4) is 5.75 Å². The highest BCUT2D eigenvalue weighted by atomic mass is 127. The van der Waals surface area contributed by atoms with Crippen LogP contribution >= 0.6 is 24.0 Å². The van der Waals surface area contributed by atoms with Gasteiger partial charge in [0.2, 0.25) is 0 Å². The third-order valence-corrected chi connectivity index (χ3v) is 3.22. The smallest absolute Gasteiger partial charge is 0.259 e. The van der Waals surface area contributed by atoms with Crippen molar-refractivity contribution in [3.63, 3.8) is 0 Å². The number of nitrogens with two attached hydrogens (primary N) is 1. The summed E-state index contributed by atoms with van der Waals surface area (Å²) in [5.41, 5.74) is 6.81. The molecule has 6 nitrogen and oxygen atoms in total. The van der Waals surface area contributed by atoms with Crippen LogP contribution in [0.3, 0.4) is 0 Å². The van der Waals surface area contributed by atoms with E-state index >= 15 is 0 Å². The lowest BCUT2D eigenvalue weighted by Gasteiger charge is -2.12. The van der Waals surface area contributed by atoms with Crippen LogP contribution in [0.1, 0.15) is 25.8 Å². The average molecular weight is 448 g/mol. The van der Waals surface area contributed by atoms with Crippen LogP contribution in [-0.4, -0.2) is 44.0 Å². The van der Waals surface area contributed by atoms with Crippen molar-refractivity contribution in [3.05, 3.63) is 29.8 Å². The summed E-state index contributed by atoms with van der Waals surface area (Å²) in [6.07, 6.45) is 1.06. The van der Waals surface area contributed by atoms with E-state index in [2.05, 4.69) is 24.2 Å². The fraction of sp³-hybridized carbons (Fsp3) is 0.529. The van der Waals surface area contributed by atoms with E-state index in [9.17, 15) is 4.79 Å². The quantitative estimate of drug-likeness (QED) is 0.363. The van der Waals surface area contributed by atoms with Crippen LogP contribution in [0.2, 0.25) is 0 Å². The third-order valence-electron chi connectivity index (χ3n) is 3.22. The van der Waals surface area contributed by atoms with Gasteiger partial charge < -0.3 is 20.7 Å². The highest BCUT2D eigenvalue weighted by Gasteiger charge is 2.05. The molecule has 0 aromatic heterocycles. The second-order valence-corrected chi connectivity index (χ2v) is 6.04. The molecule has 0 bridgehead atoms. The molecule has 1 aromatic rings. The Morgan fingerprint density at radius 3 is 2.71 bits per heavy atom. The number of halogens is 1. The molecule has 1 rings (SSSR count). The van der Waals surface area contributed by atoms with Crippen LogP contribution in [0.4, 0.5) is 0 Å². The van der Waals surface area contributed by atoms with Crippen molar-refractivity contribution < 1.29 is 9.53 Å². The van der Waals surface area contributed by atoms with Gasteiger partial charge in [0.05, 0.1) is 6.54 Å². The van der Waals surface area contributed by atoms with Gasteiger partial charge in [-0.05, 0) is 30.0 Å². The predicted molar refractivity (Wildman–Crippen MR) is 109 cm³/mol. The molecule has 136 valence electrons. The monoisotopic (exact) mass is 448 g/mol. The zero-order valence-electron chi connectivity index (χ0n) is 14.9. The molecule has 0 unspecified atom stereocenters. The zero-order valence-corrected chi connectivity index (χ0v) is 17.2. The highest BCUT2D eigenvalue weighted by molar-refractivity contribution is 14.0. The van der Waals surface area contributed by atoms with E-state index in [1.165, 1.54) is 4.90 Å². The molecule has 0 aliphatic rings. The molecule has 0 saturated carbocycles. The molecule has 0 fully saturated rings. The zero-order chi connectivity index (χ0) is 17.2. The van der Waals surface area contributed by atoms with Crippen molar-refractivity contribution in [2.45, 2.75) is 26.8 Å². The van der Waals surface area contributed by atoms with Crippen LogP contribution in [0.25, 0.3) is 0 Å². The van der Waals surface area contributed by atoms with Crippen molar-refractivity contribution in [1.82, 2.24) is 10.2 Å². The lowest BCUT2D eigenvalue weighted by atomic mass is 10.1. The van der Waals surface area contributed by atoms with Gasteiger partial charge in [-0.3, -0.25) is 4.79 Å². The molecule has 1 aromatic carbocycles. The van der Waals surface area contributed by atoms with E-state index in [0.717, 1.165) is 18.5 Å². The number of guanidine groups is 1. The Hall–Kier alpha value is -1.51. The maximum atomic E-state index is 11.5. The van der Waals surface area contributed by atoms with Gasteiger partial charge in [-0.25, -0.2) is 4.99 Å². The average Bonchev–Trinajstić information content (AvgIpc) is 2.50. The molecule has 0 aliphatic carbocycles. The van der Waals surface area contributed by atoms with Gasteiger partial charge in [-0.2, -0.15) is 0 Å². The minimum atomic E-state index is -0.0768. The number of hydrogen-bond acceptors (Lipinski definition) is 3. The lowest BCUT2D eigenvalue weighted by Crippen LogP contribution is -2.32. The molecule has 1 amide bonds.